The van der Waals surface area contributed by atoms with Gasteiger partial charge in [-0.2, -0.15) is 0 Å². The van der Waals surface area contributed by atoms with Gasteiger partial charge in [-0.15, -0.1) is 0 Å². The Hall–Kier alpha value is -1.16. The van der Waals surface area contributed by atoms with Crippen LogP contribution in [0.15, 0.2) is 11.1 Å². The standard InChI is InChI=1S/C17H24O4/c1-10-5-4-6-16(3)7-8-17(20)12(9-11(2)18)15(19)21-14(17)13(10)16/h12,14,20H,4-9H2,1-3H3/t12-,14-,16+,17+/m0/s1. The zero-order chi connectivity index (χ0) is 15.4. The number of Topliss-reactive ketones (excluding diaryl/α,β-unsaturated/α-hetero) is 1. The van der Waals surface area contributed by atoms with Crippen molar-refractivity contribution in [1.82, 2.24) is 0 Å². The average Bonchev–Trinajstić information content (AvgIpc) is 2.62. The summed E-state index contributed by atoms with van der Waals surface area (Å²) in [6.45, 7) is 5.77. The maximum absolute atomic E-state index is 12.2. The van der Waals surface area contributed by atoms with Crippen LogP contribution in [-0.4, -0.2) is 28.6 Å². The highest BCUT2D eigenvalue weighted by atomic mass is 16.6. The van der Waals surface area contributed by atoms with E-state index in [0.717, 1.165) is 31.3 Å². The Balaban J connectivity index is 2.03. The summed E-state index contributed by atoms with van der Waals surface area (Å²) in [5, 5.41) is 11.1. The lowest BCUT2D eigenvalue weighted by molar-refractivity contribution is -0.144. The number of aliphatic hydroxyl groups is 1. The van der Waals surface area contributed by atoms with E-state index in [1.54, 1.807) is 0 Å². The molecule has 4 nitrogen and oxygen atoms in total. The minimum Gasteiger partial charge on any atom is -0.454 e. The fourth-order valence-corrected chi connectivity index (χ4v) is 4.65. The van der Waals surface area contributed by atoms with E-state index >= 15 is 0 Å². The number of esters is 1. The second-order valence-corrected chi connectivity index (χ2v) is 7.38. The van der Waals surface area contributed by atoms with Gasteiger partial charge in [-0.3, -0.25) is 4.79 Å². The van der Waals surface area contributed by atoms with Crippen molar-refractivity contribution < 1.29 is 19.4 Å². The number of hydrogen-bond acceptors (Lipinski definition) is 4. The molecule has 1 heterocycles. The van der Waals surface area contributed by atoms with Gasteiger partial charge < -0.3 is 14.6 Å². The van der Waals surface area contributed by atoms with Gasteiger partial charge in [-0.25, -0.2) is 0 Å². The molecule has 0 spiro atoms. The van der Waals surface area contributed by atoms with Crippen LogP contribution in [0.5, 0.6) is 0 Å². The first-order chi connectivity index (χ1) is 9.78. The number of carbonyl (C=O) groups excluding carboxylic acids is 2. The molecule has 0 aromatic rings. The van der Waals surface area contributed by atoms with Crippen LogP contribution in [0.1, 0.15) is 59.3 Å². The van der Waals surface area contributed by atoms with Crippen LogP contribution in [0.2, 0.25) is 0 Å². The molecule has 21 heavy (non-hydrogen) atoms. The van der Waals surface area contributed by atoms with Crippen molar-refractivity contribution in [3.8, 4) is 0 Å². The number of rotatable bonds is 2. The number of hydrogen-bond donors (Lipinski definition) is 1. The van der Waals surface area contributed by atoms with Gasteiger partial charge in [0.15, 0.2) is 6.10 Å². The van der Waals surface area contributed by atoms with Crippen molar-refractivity contribution in [3.05, 3.63) is 11.1 Å². The van der Waals surface area contributed by atoms with Crippen LogP contribution in [0.4, 0.5) is 0 Å². The number of fused-ring (bicyclic) bond motifs is 3. The third kappa shape index (κ3) is 2.07. The van der Waals surface area contributed by atoms with Gasteiger partial charge in [-0.05, 0) is 56.9 Å². The molecule has 0 amide bonds. The molecule has 0 aromatic carbocycles. The number of allylic oxidation sites excluding steroid dienone is 1. The number of ketones is 1. The van der Waals surface area contributed by atoms with Gasteiger partial charge in [0.2, 0.25) is 0 Å². The second kappa shape index (κ2) is 4.67. The normalized spacial score (nSPS) is 42.4. The molecule has 4 atom stereocenters. The van der Waals surface area contributed by atoms with E-state index in [0.29, 0.717) is 6.42 Å². The van der Waals surface area contributed by atoms with Crippen LogP contribution >= 0.6 is 0 Å². The molecule has 1 saturated carbocycles. The Kier molecular flexibility index (Phi) is 3.28. The molecule has 2 fully saturated rings. The topological polar surface area (TPSA) is 63.6 Å². The third-order valence-electron chi connectivity index (χ3n) is 5.80. The largest absolute Gasteiger partial charge is 0.454 e. The Morgan fingerprint density at radius 3 is 2.76 bits per heavy atom. The van der Waals surface area contributed by atoms with E-state index in [1.165, 1.54) is 12.5 Å². The summed E-state index contributed by atoms with van der Waals surface area (Å²) in [4.78, 5) is 23.7. The molecule has 3 rings (SSSR count). The first-order valence-corrected chi connectivity index (χ1v) is 7.90. The van der Waals surface area contributed by atoms with E-state index in [1.807, 2.05) is 0 Å². The monoisotopic (exact) mass is 292 g/mol. The molecule has 0 radical (unpaired) electrons. The number of carbonyl (C=O) groups is 2. The molecule has 4 heteroatoms. The Morgan fingerprint density at radius 1 is 1.38 bits per heavy atom. The van der Waals surface area contributed by atoms with Crippen molar-refractivity contribution >= 4 is 11.8 Å². The number of ether oxygens (including phenoxy) is 1. The van der Waals surface area contributed by atoms with Gasteiger partial charge in [-0.1, -0.05) is 12.5 Å². The zero-order valence-electron chi connectivity index (χ0n) is 13.1. The van der Waals surface area contributed by atoms with Crippen molar-refractivity contribution in [3.63, 3.8) is 0 Å². The molecule has 1 N–H and O–H groups in total. The van der Waals surface area contributed by atoms with Crippen LogP contribution in [0, 0.1) is 11.3 Å². The minimum absolute atomic E-state index is 0.0324. The molecular weight excluding hydrogens is 268 g/mol. The average molecular weight is 292 g/mol. The fourth-order valence-electron chi connectivity index (χ4n) is 4.65. The van der Waals surface area contributed by atoms with Gasteiger partial charge in [0, 0.05) is 6.42 Å². The zero-order valence-corrected chi connectivity index (χ0v) is 13.1. The highest BCUT2D eigenvalue weighted by Crippen LogP contribution is 2.57. The molecule has 0 unspecified atom stereocenters. The van der Waals surface area contributed by atoms with Gasteiger partial charge in [0.05, 0.1) is 5.92 Å². The summed E-state index contributed by atoms with van der Waals surface area (Å²) < 4.78 is 5.59. The van der Waals surface area contributed by atoms with Crippen LogP contribution in [0.25, 0.3) is 0 Å². The van der Waals surface area contributed by atoms with Gasteiger partial charge in [0.1, 0.15) is 11.4 Å². The van der Waals surface area contributed by atoms with E-state index in [4.69, 9.17) is 4.74 Å². The lowest BCUT2D eigenvalue weighted by Gasteiger charge is -2.49. The van der Waals surface area contributed by atoms with E-state index in [2.05, 4.69) is 13.8 Å². The lowest BCUT2D eigenvalue weighted by Crippen LogP contribution is -2.53. The van der Waals surface area contributed by atoms with E-state index in [-0.39, 0.29) is 17.6 Å². The molecule has 1 aliphatic heterocycles. The van der Waals surface area contributed by atoms with E-state index in [9.17, 15) is 14.7 Å². The van der Waals surface area contributed by atoms with E-state index < -0.39 is 23.6 Å². The molecule has 0 bridgehead atoms. The minimum atomic E-state index is -1.20. The molecule has 2 aliphatic carbocycles. The van der Waals surface area contributed by atoms with Crippen LogP contribution < -0.4 is 0 Å². The molecule has 116 valence electrons. The first kappa shape index (κ1) is 14.8. The Bertz CT molecular complexity index is 535. The quantitative estimate of drug-likeness (QED) is 0.627. The van der Waals surface area contributed by atoms with Crippen molar-refractivity contribution in [2.75, 3.05) is 0 Å². The first-order valence-electron chi connectivity index (χ1n) is 7.90. The molecule has 0 aromatic heterocycles. The highest BCUT2D eigenvalue weighted by Gasteiger charge is 2.63. The van der Waals surface area contributed by atoms with Crippen molar-refractivity contribution in [2.45, 2.75) is 71.0 Å². The predicted octanol–water partition coefficient (Wildman–Crippen LogP) is 2.54. The highest BCUT2D eigenvalue weighted by molar-refractivity contribution is 5.85. The summed E-state index contributed by atoms with van der Waals surface area (Å²) in [5.74, 6) is -1.19. The maximum Gasteiger partial charge on any atom is 0.313 e. The summed E-state index contributed by atoms with van der Waals surface area (Å²) in [5.41, 5.74) is 1.21. The second-order valence-electron chi connectivity index (χ2n) is 7.38. The van der Waals surface area contributed by atoms with Crippen LogP contribution in [0.3, 0.4) is 0 Å². The molecular formula is C17H24O4. The lowest BCUT2D eigenvalue weighted by atomic mass is 9.57. The maximum atomic E-state index is 12.2. The Labute approximate surface area is 125 Å². The smallest absolute Gasteiger partial charge is 0.313 e. The van der Waals surface area contributed by atoms with Gasteiger partial charge >= 0.3 is 5.97 Å². The van der Waals surface area contributed by atoms with Gasteiger partial charge in [0.25, 0.3) is 0 Å². The third-order valence-corrected chi connectivity index (χ3v) is 5.80. The fraction of sp³-hybridized carbons (Fsp3) is 0.765. The van der Waals surface area contributed by atoms with Crippen LogP contribution in [-0.2, 0) is 14.3 Å². The SMILES string of the molecule is CC(=O)C[C@H]1C(=O)O[C@H]2C3=C(C)CCC[C@]3(C)CC[C@@]12O. The Morgan fingerprint density at radius 2 is 2.10 bits per heavy atom. The van der Waals surface area contributed by atoms with Crippen molar-refractivity contribution in [1.29, 1.82) is 0 Å². The summed E-state index contributed by atoms with van der Waals surface area (Å²) >= 11 is 0. The summed E-state index contributed by atoms with van der Waals surface area (Å²) in [6.07, 6.45) is 4.17. The summed E-state index contributed by atoms with van der Waals surface area (Å²) in [7, 11) is 0. The van der Waals surface area contributed by atoms with Crippen molar-refractivity contribution in [2.24, 2.45) is 11.3 Å². The summed E-state index contributed by atoms with van der Waals surface area (Å²) in [6, 6.07) is 0. The predicted molar refractivity (Wildman–Crippen MR) is 77.5 cm³/mol. The molecule has 1 saturated heterocycles. The molecule has 3 aliphatic rings.